The van der Waals surface area contributed by atoms with Gasteiger partial charge in [0.05, 0.1) is 24.0 Å². The highest BCUT2D eigenvalue weighted by Gasteiger charge is 2.34. The molecule has 2 aliphatic heterocycles. The molecule has 2 heterocycles. The van der Waals surface area contributed by atoms with Crippen LogP contribution in [0.1, 0.15) is 17.2 Å². The number of amidine groups is 1. The number of benzene rings is 5. The van der Waals surface area contributed by atoms with Gasteiger partial charge in [0.15, 0.2) is 10.9 Å². The van der Waals surface area contributed by atoms with E-state index in [1.807, 2.05) is 24.3 Å². The van der Waals surface area contributed by atoms with E-state index in [4.69, 9.17) is 11.6 Å². The molecule has 174 valence electrons. The number of anilines is 1. The third-order valence-electron chi connectivity index (χ3n) is 6.96. The molecule has 0 aliphatic carbocycles. The summed E-state index contributed by atoms with van der Waals surface area (Å²) in [5.74, 6) is 0. The first-order valence-corrected chi connectivity index (χ1v) is 13.0. The molecule has 37 heavy (non-hydrogen) atoms. The maximum atomic E-state index is 7.52. The summed E-state index contributed by atoms with van der Waals surface area (Å²) in [5.41, 5.74) is 7.65. The molecule has 0 radical (unpaired) electrons. The molecule has 0 fully saturated rings. The van der Waals surface area contributed by atoms with Gasteiger partial charge in [0.25, 0.3) is 0 Å². The van der Waals surface area contributed by atoms with E-state index in [0.717, 1.165) is 38.3 Å². The van der Waals surface area contributed by atoms with Crippen LogP contribution >= 0.6 is 11.8 Å². The summed E-state index contributed by atoms with van der Waals surface area (Å²) in [6.45, 7) is 7.52. The number of hydrogen-bond donors (Lipinski definition) is 0. The molecule has 2 aliphatic rings. The molecule has 0 N–H and O–H groups in total. The lowest BCUT2D eigenvalue weighted by molar-refractivity contribution is 0.899. The minimum atomic E-state index is -0.0708. The minimum Gasteiger partial charge on any atom is -0.288 e. The number of hydrogen-bond acceptors (Lipinski definition) is 3. The van der Waals surface area contributed by atoms with Gasteiger partial charge >= 0.3 is 0 Å². The second-order valence-electron chi connectivity index (χ2n) is 9.09. The average molecular weight is 492 g/mol. The van der Waals surface area contributed by atoms with Gasteiger partial charge in [-0.2, -0.15) is 0 Å². The molecule has 0 aromatic heterocycles. The second kappa shape index (κ2) is 8.81. The second-order valence-corrected chi connectivity index (χ2v) is 10.1. The quantitative estimate of drug-likeness (QED) is 0.235. The monoisotopic (exact) mass is 491 g/mol. The van der Waals surface area contributed by atoms with Crippen molar-refractivity contribution in [2.45, 2.75) is 10.9 Å². The molecule has 7 rings (SSSR count). The van der Waals surface area contributed by atoms with E-state index in [0.29, 0.717) is 5.69 Å². The van der Waals surface area contributed by atoms with Gasteiger partial charge < -0.3 is 0 Å². The van der Waals surface area contributed by atoms with Crippen molar-refractivity contribution in [1.82, 2.24) is 0 Å². The number of thioether (sulfide) groups is 1. The highest BCUT2D eigenvalue weighted by Crippen LogP contribution is 2.48. The summed E-state index contributed by atoms with van der Waals surface area (Å²) in [4.78, 5) is 12.4. The Labute approximate surface area is 220 Å². The Kier molecular flexibility index (Phi) is 5.16. The summed E-state index contributed by atoms with van der Waals surface area (Å²) in [6, 6.07) is 39.8. The fourth-order valence-corrected chi connectivity index (χ4v) is 6.23. The maximum Gasteiger partial charge on any atom is 0.194 e. The number of aliphatic imine (C=N–C) groups is 1. The van der Waals surface area contributed by atoms with Crippen LogP contribution in [0.4, 0.5) is 11.4 Å². The highest BCUT2D eigenvalue weighted by molar-refractivity contribution is 8.14. The summed E-state index contributed by atoms with van der Waals surface area (Å²) in [5, 5.41) is 3.10. The molecule has 5 aromatic rings. The van der Waals surface area contributed by atoms with Gasteiger partial charge in [0, 0.05) is 4.90 Å². The smallest absolute Gasteiger partial charge is 0.194 e. The zero-order valence-electron chi connectivity index (χ0n) is 19.9. The van der Waals surface area contributed by atoms with Gasteiger partial charge in [-0.15, -0.1) is 0 Å². The van der Waals surface area contributed by atoms with Crippen molar-refractivity contribution in [3.05, 3.63) is 144 Å². The van der Waals surface area contributed by atoms with Crippen LogP contribution < -0.4 is 4.90 Å². The first-order chi connectivity index (χ1) is 18.3. The van der Waals surface area contributed by atoms with E-state index < -0.39 is 0 Å². The van der Waals surface area contributed by atoms with Crippen molar-refractivity contribution < 1.29 is 0 Å². The zero-order valence-corrected chi connectivity index (χ0v) is 20.7. The number of nitrogens with zero attached hydrogens (tertiary/aromatic N) is 3. The maximum absolute atomic E-state index is 7.52. The molecule has 0 bridgehead atoms. The van der Waals surface area contributed by atoms with Gasteiger partial charge in [0.2, 0.25) is 0 Å². The largest absolute Gasteiger partial charge is 0.288 e. The van der Waals surface area contributed by atoms with Crippen molar-refractivity contribution >= 4 is 44.8 Å². The van der Waals surface area contributed by atoms with Crippen molar-refractivity contribution in [2.24, 2.45) is 4.99 Å². The lowest BCUT2D eigenvalue weighted by Crippen LogP contribution is -2.27. The molecule has 0 saturated carbocycles. The molecule has 5 aromatic carbocycles. The van der Waals surface area contributed by atoms with Gasteiger partial charge in [-0.3, -0.25) is 4.90 Å². The normalized spacial score (nSPS) is 16.0. The Morgan fingerprint density at radius 1 is 0.703 bits per heavy atom. The highest BCUT2D eigenvalue weighted by atomic mass is 32.2. The van der Waals surface area contributed by atoms with Crippen LogP contribution in [0.25, 0.3) is 32.4 Å². The molecule has 0 saturated heterocycles. The van der Waals surface area contributed by atoms with Crippen LogP contribution in [-0.2, 0) is 0 Å². The van der Waals surface area contributed by atoms with E-state index in [2.05, 4.69) is 107 Å². The first kappa shape index (κ1) is 21.7. The SMILES string of the molecule is [C-]#[N+]c1ccc(-c2ccc(C3C=C(c4ccccc4)N4C(=N3)Sc3ccccc34)cc2)c2ccccc12. The molecular weight excluding hydrogens is 470 g/mol. The average Bonchev–Trinajstić information content (AvgIpc) is 3.35. The third kappa shape index (κ3) is 3.64. The first-order valence-electron chi connectivity index (χ1n) is 12.2. The predicted molar refractivity (Wildman–Crippen MR) is 155 cm³/mol. The fourth-order valence-electron chi connectivity index (χ4n) is 5.17. The lowest BCUT2D eigenvalue weighted by atomic mass is 9.95. The number of fused-ring (bicyclic) bond motifs is 4. The van der Waals surface area contributed by atoms with Gasteiger partial charge in [0.1, 0.15) is 0 Å². The summed E-state index contributed by atoms with van der Waals surface area (Å²) in [7, 11) is 0. The minimum absolute atomic E-state index is 0.0708. The molecular formula is C33H21N3S. The lowest BCUT2D eigenvalue weighted by Gasteiger charge is -2.29. The van der Waals surface area contributed by atoms with Crippen LogP contribution in [0.15, 0.2) is 131 Å². The van der Waals surface area contributed by atoms with Gasteiger partial charge in [-0.25, -0.2) is 9.84 Å². The van der Waals surface area contributed by atoms with Crippen molar-refractivity contribution in [3.8, 4) is 11.1 Å². The topological polar surface area (TPSA) is 20.0 Å². The molecule has 1 atom stereocenters. The Morgan fingerprint density at radius 3 is 2.24 bits per heavy atom. The van der Waals surface area contributed by atoms with Gasteiger partial charge in [-0.1, -0.05) is 103 Å². The molecule has 1 unspecified atom stereocenters. The standard InChI is InChI=1S/C33H21N3S/c1-34-28-20-19-25(26-11-5-6-12-27(26)28)22-15-17-23(18-16-22)29-21-31(24-9-3-2-4-10-24)36-30-13-7-8-14-32(30)37-33(36)35-29/h2-21,29H. The number of para-hydroxylation sites is 1. The van der Waals surface area contributed by atoms with Crippen LogP contribution in [0.2, 0.25) is 0 Å². The van der Waals surface area contributed by atoms with Crippen LogP contribution in [0.5, 0.6) is 0 Å². The van der Waals surface area contributed by atoms with Crippen LogP contribution in [-0.4, -0.2) is 5.17 Å². The Morgan fingerprint density at radius 2 is 1.43 bits per heavy atom. The van der Waals surface area contributed by atoms with Gasteiger partial charge in [-0.05, 0) is 63.0 Å². The van der Waals surface area contributed by atoms with Crippen molar-refractivity contribution in [1.29, 1.82) is 0 Å². The van der Waals surface area contributed by atoms with Crippen molar-refractivity contribution in [3.63, 3.8) is 0 Å². The zero-order chi connectivity index (χ0) is 24.8. The molecule has 4 heteroatoms. The Balaban J connectivity index is 1.30. The summed E-state index contributed by atoms with van der Waals surface area (Å²) in [6.07, 6.45) is 2.27. The molecule has 3 nitrogen and oxygen atoms in total. The van der Waals surface area contributed by atoms with E-state index in [1.54, 1.807) is 11.8 Å². The summed E-state index contributed by atoms with van der Waals surface area (Å²) < 4.78 is 0. The van der Waals surface area contributed by atoms with E-state index >= 15 is 0 Å². The van der Waals surface area contributed by atoms with Crippen molar-refractivity contribution in [2.75, 3.05) is 4.90 Å². The van der Waals surface area contributed by atoms with Crippen LogP contribution in [0, 0.1) is 6.57 Å². The van der Waals surface area contributed by atoms with Crippen LogP contribution in [0.3, 0.4) is 0 Å². The van der Waals surface area contributed by atoms with E-state index in [-0.39, 0.29) is 6.04 Å². The Hall–Kier alpha value is -4.59. The summed E-state index contributed by atoms with van der Waals surface area (Å²) >= 11 is 1.73. The molecule has 0 spiro atoms. The Bertz CT molecular complexity index is 1760. The number of rotatable bonds is 3. The predicted octanol–water partition coefficient (Wildman–Crippen LogP) is 9.12. The third-order valence-corrected chi connectivity index (χ3v) is 7.99. The molecule has 0 amide bonds. The fraction of sp³-hybridized carbons (Fsp3) is 0.0303. The van der Waals surface area contributed by atoms with E-state index in [9.17, 15) is 0 Å². The van der Waals surface area contributed by atoms with E-state index in [1.165, 1.54) is 16.1 Å².